The van der Waals surface area contributed by atoms with Gasteiger partial charge in [0.1, 0.15) is 0 Å². The first-order valence-electron chi connectivity index (χ1n) is 7.07. The van der Waals surface area contributed by atoms with Gasteiger partial charge in [0.05, 0.1) is 7.11 Å². The molecule has 0 amide bonds. The first-order chi connectivity index (χ1) is 8.29. The molecule has 3 nitrogen and oxygen atoms in total. The first kappa shape index (κ1) is 12.9. The van der Waals surface area contributed by atoms with Crippen LogP contribution in [0.1, 0.15) is 44.9 Å². The molecule has 0 atom stereocenters. The van der Waals surface area contributed by atoms with Gasteiger partial charge >= 0.3 is 5.97 Å². The van der Waals surface area contributed by atoms with Gasteiger partial charge in [-0.3, -0.25) is 4.79 Å². The highest BCUT2D eigenvalue weighted by atomic mass is 16.5. The number of carbonyl (C=O) groups is 1. The average molecular weight is 239 g/mol. The molecule has 0 aromatic heterocycles. The Balaban J connectivity index is 1.71. The van der Waals surface area contributed by atoms with Crippen LogP contribution < -0.4 is 5.32 Å². The third-order valence-corrected chi connectivity index (χ3v) is 4.62. The Labute approximate surface area is 104 Å². The molecule has 1 saturated carbocycles. The van der Waals surface area contributed by atoms with Crippen LogP contribution in [-0.4, -0.2) is 26.2 Å². The summed E-state index contributed by atoms with van der Waals surface area (Å²) in [7, 11) is 1.49. The van der Waals surface area contributed by atoms with Crippen molar-refractivity contribution in [3.8, 4) is 0 Å². The van der Waals surface area contributed by atoms with Crippen molar-refractivity contribution in [3.05, 3.63) is 0 Å². The molecule has 0 bridgehead atoms. The van der Waals surface area contributed by atoms with E-state index in [1.54, 1.807) is 0 Å². The second-order valence-electron chi connectivity index (χ2n) is 5.65. The standard InChI is InChI=1S/C14H25NO2/c1-17-14(16)10-11-2-4-12(5-3-11)13-6-8-15-9-7-13/h11-13,15H,2-10H2,1H3. The summed E-state index contributed by atoms with van der Waals surface area (Å²) in [4.78, 5) is 11.2. The second-order valence-corrected chi connectivity index (χ2v) is 5.65. The van der Waals surface area contributed by atoms with Gasteiger partial charge in [0.25, 0.3) is 0 Å². The maximum atomic E-state index is 11.2. The molecule has 3 heteroatoms. The zero-order valence-electron chi connectivity index (χ0n) is 10.9. The molecule has 1 aliphatic heterocycles. The van der Waals surface area contributed by atoms with Crippen LogP contribution in [0.4, 0.5) is 0 Å². The van der Waals surface area contributed by atoms with Crippen molar-refractivity contribution < 1.29 is 9.53 Å². The molecule has 17 heavy (non-hydrogen) atoms. The van der Waals surface area contributed by atoms with Crippen LogP contribution in [0.2, 0.25) is 0 Å². The number of methoxy groups -OCH3 is 1. The fourth-order valence-electron chi connectivity index (χ4n) is 3.50. The number of hydrogen-bond donors (Lipinski definition) is 1. The molecule has 1 aliphatic carbocycles. The summed E-state index contributed by atoms with van der Waals surface area (Å²) in [5.74, 6) is 2.41. The van der Waals surface area contributed by atoms with E-state index in [0.29, 0.717) is 12.3 Å². The number of hydrogen-bond acceptors (Lipinski definition) is 3. The quantitative estimate of drug-likeness (QED) is 0.768. The van der Waals surface area contributed by atoms with Gasteiger partial charge in [-0.15, -0.1) is 0 Å². The van der Waals surface area contributed by atoms with Crippen LogP contribution in [0.25, 0.3) is 0 Å². The van der Waals surface area contributed by atoms with Crippen molar-refractivity contribution in [1.82, 2.24) is 5.32 Å². The molecule has 1 saturated heterocycles. The SMILES string of the molecule is COC(=O)CC1CCC(C2CCNCC2)CC1. The smallest absolute Gasteiger partial charge is 0.305 e. The summed E-state index contributed by atoms with van der Waals surface area (Å²) >= 11 is 0. The summed E-state index contributed by atoms with van der Waals surface area (Å²) in [5, 5.41) is 3.44. The number of carbonyl (C=O) groups excluding carboxylic acids is 1. The van der Waals surface area contributed by atoms with Crippen molar-refractivity contribution in [2.45, 2.75) is 44.9 Å². The molecule has 1 N–H and O–H groups in total. The third kappa shape index (κ3) is 3.70. The highest BCUT2D eigenvalue weighted by molar-refractivity contribution is 5.69. The maximum Gasteiger partial charge on any atom is 0.305 e. The van der Waals surface area contributed by atoms with Crippen molar-refractivity contribution in [2.24, 2.45) is 17.8 Å². The molecule has 0 radical (unpaired) electrons. The predicted molar refractivity (Wildman–Crippen MR) is 67.7 cm³/mol. The highest BCUT2D eigenvalue weighted by Gasteiger charge is 2.29. The Hall–Kier alpha value is -0.570. The molecular weight excluding hydrogens is 214 g/mol. The van der Waals surface area contributed by atoms with E-state index in [1.807, 2.05) is 0 Å². The fourth-order valence-corrected chi connectivity index (χ4v) is 3.50. The van der Waals surface area contributed by atoms with Crippen LogP contribution in [0.15, 0.2) is 0 Å². The van der Waals surface area contributed by atoms with Crippen molar-refractivity contribution in [3.63, 3.8) is 0 Å². The molecule has 0 aromatic carbocycles. The lowest BCUT2D eigenvalue weighted by molar-refractivity contribution is -0.142. The molecule has 0 aromatic rings. The van der Waals surface area contributed by atoms with Gasteiger partial charge in [0.2, 0.25) is 0 Å². The summed E-state index contributed by atoms with van der Waals surface area (Å²) < 4.78 is 4.75. The van der Waals surface area contributed by atoms with E-state index in [-0.39, 0.29) is 5.97 Å². The molecule has 1 heterocycles. The number of esters is 1. The third-order valence-electron chi connectivity index (χ3n) is 4.62. The zero-order valence-corrected chi connectivity index (χ0v) is 10.9. The van der Waals surface area contributed by atoms with Gasteiger partial charge in [-0.25, -0.2) is 0 Å². The summed E-state index contributed by atoms with van der Waals surface area (Å²) in [6.07, 6.45) is 8.44. The maximum absolute atomic E-state index is 11.2. The van der Waals surface area contributed by atoms with Crippen molar-refractivity contribution in [1.29, 1.82) is 0 Å². The molecule has 2 fully saturated rings. The molecular formula is C14H25NO2. The van der Waals surface area contributed by atoms with Gasteiger partial charge < -0.3 is 10.1 Å². The van der Waals surface area contributed by atoms with E-state index in [0.717, 1.165) is 11.8 Å². The predicted octanol–water partition coefficient (Wildman–Crippen LogP) is 2.36. The lowest BCUT2D eigenvalue weighted by Crippen LogP contribution is -2.33. The summed E-state index contributed by atoms with van der Waals surface area (Å²) in [6, 6.07) is 0. The molecule has 98 valence electrons. The molecule has 0 unspecified atom stereocenters. The van der Waals surface area contributed by atoms with E-state index in [1.165, 1.54) is 58.7 Å². The highest BCUT2D eigenvalue weighted by Crippen LogP contribution is 2.37. The van der Waals surface area contributed by atoms with Gasteiger partial charge in [0.15, 0.2) is 0 Å². The Bertz CT molecular complexity index is 241. The van der Waals surface area contributed by atoms with E-state index >= 15 is 0 Å². The first-order valence-corrected chi connectivity index (χ1v) is 7.07. The van der Waals surface area contributed by atoms with E-state index < -0.39 is 0 Å². The number of rotatable bonds is 3. The molecule has 2 aliphatic rings. The van der Waals surface area contributed by atoms with Crippen molar-refractivity contribution in [2.75, 3.05) is 20.2 Å². The minimum atomic E-state index is -0.0321. The number of nitrogens with one attached hydrogen (secondary N) is 1. The molecule has 0 spiro atoms. The van der Waals surface area contributed by atoms with Crippen LogP contribution in [0, 0.1) is 17.8 Å². The number of ether oxygens (including phenoxy) is 1. The van der Waals surface area contributed by atoms with Gasteiger partial charge in [-0.1, -0.05) is 0 Å². The Morgan fingerprint density at radius 1 is 1.06 bits per heavy atom. The van der Waals surface area contributed by atoms with Crippen LogP contribution in [0.3, 0.4) is 0 Å². The Morgan fingerprint density at radius 2 is 1.65 bits per heavy atom. The topological polar surface area (TPSA) is 38.3 Å². The second kappa shape index (κ2) is 6.39. The van der Waals surface area contributed by atoms with Gasteiger partial charge in [-0.2, -0.15) is 0 Å². The van der Waals surface area contributed by atoms with Gasteiger partial charge in [0, 0.05) is 6.42 Å². The summed E-state index contributed by atoms with van der Waals surface area (Å²) in [6.45, 7) is 2.40. The lowest BCUT2D eigenvalue weighted by atomic mass is 9.72. The summed E-state index contributed by atoms with van der Waals surface area (Å²) in [5.41, 5.74) is 0. The monoisotopic (exact) mass is 239 g/mol. The zero-order chi connectivity index (χ0) is 12.1. The lowest BCUT2D eigenvalue weighted by Gasteiger charge is -2.35. The average Bonchev–Trinajstić information content (AvgIpc) is 2.40. The minimum absolute atomic E-state index is 0.0321. The van der Waals surface area contributed by atoms with Crippen LogP contribution in [0.5, 0.6) is 0 Å². The fraction of sp³-hybridized carbons (Fsp3) is 0.929. The van der Waals surface area contributed by atoms with E-state index in [2.05, 4.69) is 5.32 Å². The minimum Gasteiger partial charge on any atom is -0.469 e. The normalized spacial score (nSPS) is 31.1. The largest absolute Gasteiger partial charge is 0.469 e. The number of piperidine rings is 1. The molecule has 2 rings (SSSR count). The van der Waals surface area contributed by atoms with Crippen LogP contribution in [-0.2, 0) is 9.53 Å². The van der Waals surface area contributed by atoms with E-state index in [9.17, 15) is 4.79 Å². The van der Waals surface area contributed by atoms with Crippen molar-refractivity contribution >= 4 is 5.97 Å². The Kier molecular flexibility index (Phi) is 4.84. The van der Waals surface area contributed by atoms with E-state index in [4.69, 9.17) is 4.74 Å². The Morgan fingerprint density at radius 3 is 2.24 bits per heavy atom. The van der Waals surface area contributed by atoms with Crippen LogP contribution >= 0.6 is 0 Å². The van der Waals surface area contributed by atoms with Gasteiger partial charge in [-0.05, 0) is 69.4 Å².